The van der Waals surface area contributed by atoms with Crippen molar-refractivity contribution in [1.29, 1.82) is 0 Å². The zero-order valence-electron chi connectivity index (χ0n) is 20.7. The van der Waals surface area contributed by atoms with Crippen LogP contribution in [0.3, 0.4) is 0 Å². The number of nitrogens with zero attached hydrogens (tertiary/aromatic N) is 3. The summed E-state index contributed by atoms with van der Waals surface area (Å²) >= 11 is 7.78. The first-order chi connectivity index (χ1) is 18.0. The number of amides is 1. The van der Waals surface area contributed by atoms with Crippen LogP contribution in [-0.4, -0.2) is 34.0 Å². The van der Waals surface area contributed by atoms with Crippen molar-refractivity contribution in [3.05, 3.63) is 94.8 Å². The van der Waals surface area contributed by atoms with Crippen LogP contribution in [0.2, 0.25) is 5.02 Å². The van der Waals surface area contributed by atoms with Crippen LogP contribution < -0.4 is 5.32 Å². The average molecular weight is 533 g/mol. The van der Waals surface area contributed by atoms with Gasteiger partial charge in [0.25, 0.3) is 0 Å². The molecule has 3 aromatic carbocycles. The lowest BCUT2D eigenvalue weighted by Crippen LogP contribution is -2.40. The summed E-state index contributed by atoms with van der Waals surface area (Å²) in [6, 6.07) is 24.0. The Balaban J connectivity index is 1.15. The molecular formula is C29H29ClN4O2S. The van der Waals surface area contributed by atoms with Crippen LogP contribution in [0.5, 0.6) is 0 Å². The van der Waals surface area contributed by atoms with E-state index in [0.29, 0.717) is 29.8 Å². The summed E-state index contributed by atoms with van der Waals surface area (Å²) in [6.45, 7) is 4.13. The molecule has 4 aromatic rings. The molecule has 1 aliphatic heterocycles. The molecule has 2 heterocycles. The minimum atomic E-state index is -0.0832. The Hall–Kier alpha value is -3.13. The van der Waals surface area contributed by atoms with Gasteiger partial charge >= 0.3 is 0 Å². The first-order valence-corrected chi connectivity index (χ1v) is 13.8. The van der Waals surface area contributed by atoms with Gasteiger partial charge in [0.05, 0.1) is 12.5 Å². The smallest absolute Gasteiger partial charge is 0.241 e. The standard InChI is InChI=1S/C29H29ClN4O2S/c1-20-16-21(19-37-25-7-3-2-4-8-25)9-14-26(20)31-29(35)23-6-5-15-34(17-23)18-27-32-28(33-36-27)22-10-12-24(30)13-11-22/h2-4,7-14,16,23H,5-6,15,17-19H2,1H3,(H,31,35). The van der Waals surface area contributed by atoms with Crippen molar-refractivity contribution in [2.45, 2.75) is 37.0 Å². The van der Waals surface area contributed by atoms with Crippen LogP contribution in [-0.2, 0) is 17.1 Å². The molecule has 0 saturated carbocycles. The molecule has 6 nitrogen and oxygen atoms in total. The second-order valence-corrected chi connectivity index (χ2v) is 10.8. The molecule has 0 radical (unpaired) electrons. The monoisotopic (exact) mass is 532 g/mol. The van der Waals surface area contributed by atoms with Crippen LogP contribution in [0.4, 0.5) is 5.69 Å². The molecule has 0 aliphatic carbocycles. The highest BCUT2D eigenvalue weighted by molar-refractivity contribution is 7.98. The SMILES string of the molecule is Cc1cc(CSc2ccccc2)ccc1NC(=O)C1CCCN(Cc2nc(-c3ccc(Cl)cc3)no2)C1. The number of nitrogens with one attached hydrogen (secondary N) is 1. The summed E-state index contributed by atoms with van der Waals surface area (Å²) in [7, 11) is 0. The number of carbonyl (C=O) groups is 1. The first-order valence-electron chi connectivity index (χ1n) is 12.4. The molecule has 8 heteroatoms. The number of benzene rings is 3. The van der Waals surface area contributed by atoms with E-state index in [1.54, 1.807) is 12.1 Å². The van der Waals surface area contributed by atoms with E-state index in [0.717, 1.165) is 42.0 Å². The van der Waals surface area contributed by atoms with Crippen LogP contribution in [0, 0.1) is 12.8 Å². The highest BCUT2D eigenvalue weighted by Crippen LogP contribution is 2.26. The number of halogens is 1. The maximum absolute atomic E-state index is 13.1. The van der Waals surface area contributed by atoms with E-state index in [1.807, 2.05) is 43.0 Å². The molecular weight excluding hydrogens is 504 g/mol. The van der Waals surface area contributed by atoms with E-state index in [2.05, 4.69) is 56.8 Å². The van der Waals surface area contributed by atoms with Crippen LogP contribution in [0.25, 0.3) is 11.4 Å². The van der Waals surface area contributed by atoms with Crippen LogP contribution in [0.1, 0.15) is 29.9 Å². The number of piperidine rings is 1. The lowest BCUT2D eigenvalue weighted by Gasteiger charge is -2.31. The third-order valence-corrected chi connectivity index (χ3v) is 7.84. The van der Waals surface area contributed by atoms with E-state index in [1.165, 1.54) is 10.5 Å². The van der Waals surface area contributed by atoms with E-state index in [-0.39, 0.29) is 11.8 Å². The fourth-order valence-corrected chi connectivity index (χ4v) is 5.50. The van der Waals surface area contributed by atoms with Crippen molar-refractivity contribution in [2.24, 2.45) is 5.92 Å². The minimum Gasteiger partial charge on any atom is -0.338 e. The summed E-state index contributed by atoms with van der Waals surface area (Å²) in [5.74, 6) is 1.96. The maximum atomic E-state index is 13.1. The van der Waals surface area contributed by atoms with Gasteiger partial charge in [0.2, 0.25) is 17.6 Å². The largest absolute Gasteiger partial charge is 0.338 e. The topological polar surface area (TPSA) is 71.3 Å². The number of hydrogen-bond donors (Lipinski definition) is 1. The second kappa shape index (κ2) is 11.9. The predicted molar refractivity (Wildman–Crippen MR) is 149 cm³/mol. The van der Waals surface area contributed by atoms with Gasteiger partial charge in [-0.05, 0) is 79.9 Å². The minimum absolute atomic E-state index is 0.0617. The number of thioether (sulfide) groups is 1. The second-order valence-electron chi connectivity index (χ2n) is 9.33. The summed E-state index contributed by atoms with van der Waals surface area (Å²) in [6.07, 6.45) is 1.82. The lowest BCUT2D eigenvalue weighted by molar-refractivity contribution is -0.121. The number of aromatic nitrogens is 2. The molecule has 37 heavy (non-hydrogen) atoms. The van der Waals surface area contributed by atoms with Crippen LogP contribution in [0.15, 0.2) is 82.2 Å². The quantitative estimate of drug-likeness (QED) is 0.250. The Kier molecular flexibility index (Phi) is 8.24. The number of aryl methyl sites for hydroxylation is 1. The van der Waals surface area contributed by atoms with Crippen molar-refractivity contribution in [1.82, 2.24) is 15.0 Å². The molecule has 0 spiro atoms. The van der Waals surface area contributed by atoms with E-state index >= 15 is 0 Å². The number of likely N-dealkylation sites (tertiary alicyclic amines) is 1. The third kappa shape index (κ3) is 6.80. The molecule has 1 atom stereocenters. The zero-order chi connectivity index (χ0) is 25.6. The Bertz CT molecular complexity index is 1340. The molecule has 190 valence electrons. The maximum Gasteiger partial charge on any atom is 0.241 e. The fraction of sp³-hybridized carbons (Fsp3) is 0.276. The normalized spacial score (nSPS) is 16.0. The molecule has 1 aliphatic rings. The molecule has 1 fully saturated rings. The summed E-state index contributed by atoms with van der Waals surface area (Å²) in [5, 5.41) is 7.93. The van der Waals surface area contributed by atoms with Gasteiger partial charge in [0.15, 0.2) is 0 Å². The van der Waals surface area contributed by atoms with Gasteiger partial charge in [-0.15, -0.1) is 11.8 Å². The first kappa shape index (κ1) is 25.5. The number of hydrogen-bond acceptors (Lipinski definition) is 6. The van der Waals surface area contributed by atoms with Crippen molar-refractivity contribution in [2.75, 3.05) is 18.4 Å². The van der Waals surface area contributed by atoms with Crippen LogP contribution >= 0.6 is 23.4 Å². The average Bonchev–Trinajstić information content (AvgIpc) is 3.38. The van der Waals surface area contributed by atoms with E-state index in [9.17, 15) is 4.79 Å². The Morgan fingerprint density at radius 2 is 1.95 bits per heavy atom. The number of rotatable bonds is 8. The van der Waals surface area contributed by atoms with E-state index < -0.39 is 0 Å². The number of carbonyl (C=O) groups excluding carboxylic acids is 1. The molecule has 1 unspecified atom stereocenters. The van der Waals surface area contributed by atoms with Gasteiger partial charge in [-0.1, -0.05) is 47.1 Å². The lowest BCUT2D eigenvalue weighted by atomic mass is 9.96. The van der Waals surface area contributed by atoms with Gasteiger partial charge in [-0.3, -0.25) is 9.69 Å². The molecule has 1 aromatic heterocycles. The van der Waals surface area contributed by atoms with Crippen molar-refractivity contribution in [3.8, 4) is 11.4 Å². The Morgan fingerprint density at radius 3 is 2.73 bits per heavy atom. The Labute approximate surface area is 226 Å². The van der Waals surface area contributed by atoms with Gasteiger partial charge in [0.1, 0.15) is 0 Å². The summed E-state index contributed by atoms with van der Waals surface area (Å²) < 4.78 is 5.48. The molecule has 5 rings (SSSR count). The summed E-state index contributed by atoms with van der Waals surface area (Å²) in [5.41, 5.74) is 4.05. The fourth-order valence-electron chi connectivity index (χ4n) is 4.51. The predicted octanol–water partition coefficient (Wildman–Crippen LogP) is 6.84. The van der Waals surface area contributed by atoms with Crippen molar-refractivity contribution in [3.63, 3.8) is 0 Å². The molecule has 1 amide bonds. The molecule has 1 saturated heterocycles. The van der Waals surface area contributed by atoms with Gasteiger partial charge < -0.3 is 9.84 Å². The molecule has 0 bridgehead atoms. The highest BCUT2D eigenvalue weighted by Gasteiger charge is 2.27. The highest BCUT2D eigenvalue weighted by atomic mass is 35.5. The Morgan fingerprint density at radius 1 is 1.14 bits per heavy atom. The van der Waals surface area contributed by atoms with Gasteiger partial charge in [-0.2, -0.15) is 4.98 Å². The third-order valence-electron chi connectivity index (χ3n) is 6.50. The zero-order valence-corrected chi connectivity index (χ0v) is 22.3. The van der Waals surface area contributed by atoms with Gasteiger partial charge in [0, 0.05) is 33.5 Å². The number of anilines is 1. The van der Waals surface area contributed by atoms with Gasteiger partial charge in [-0.25, -0.2) is 0 Å². The van der Waals surface area contributed by atoms with Crippen molar-refractivity contribution >= 4 is 35.0 Å². The van der Waals surface area contributed by atoms with Crippen molar-refractivity contribution < 1.29 is 9.32 Å². The molecule has 1 N–H and O–H groups in total. The van der Waals surface area contributed by atoms with E-state index in [4.69, 9.17) is 16.1 Å². The summed E-state index contributed by atoms with van der Waals surface area (Å²) in [4.78, 5) is 21.1.